The van der Waals surface area contributed by atoms with Gasteiger partial charge in [-0.2, -0.15) is 5.06 Å². The number of carbonyl (C=O) groups is 1. The summed E-state index contributed by atoms with van der Waals surface area (Å²) in [5.74, 6) is -1.31. The minimum Gasteiger partial charge on any atom is -0.460 e. The van der Waals surface area contributed by atoms with Crippen LogP contribution in [0.3, 0.4) is 0 Å². The second kappa shape index (κ2) is 10.8. The zero-order chi connectivity index (χ0) is 27.9. The highest BCUT2D eigenvalue weighted by atomic mass is 28.4. The van der Waals surface area contributed by atoms with Gasteiger partial charge in [0.15, 0.2) is 8.32 Å². The average Bonchev–Trinajstić information content (AvgIpc) is 2.94. The van der Waals surface area contributed by atoms with Crippen LogP contribution in [0.2, 0.25) is 18.1 Å². The second-order valence-corrected chi connectivity index (χ2v) is 19.6. The number of hydrogen-bond donors (Lipinski definition) is 1. The molecule has 1 saturated heterocycles. The van der Waals surface area contributed by atoms with E-state index in [1.165, 1.54) is 6.42 Å². The normalized spacial score (nSPS) is 30.5. The third kappa shape index (κ3) is 7.65. The van der Waals surface area contributed by atoms with Gasteiger partial charge in [0.25, 0.3) is 0 Å². The van der Waals surface area contributed by atoms with E-state index in [2.05, 4.69) is 66.6 Å². The zero-order valence-corrected chi connectivity index (χ0v) is 26.4. The van der Waals surface area contributed by atoms with Gasteiger partial charge in [-0.15, -0.1) is 0 Å². The third-order valence-electron chi connectivity index (χ3n) is 8.22. The fraction of sp³-hybridized carbons (Fsp3) is 0.897. The van der Waals surface area contributed by atoms with Crippen LogP contribution in [0.5, 0.6) is 0 Å². The van der Waals surface area contributed by atoms with Crippen molar-refractivity contribution in [2.24, 2.45) is 11.8 Å². The van der Waals surface area contributed by atoms with Gasteiger partial charge in [0.1, 0.15) is 5.60 Å². The maximum absolute atomic E-state index is 13.2. The summed E-state index contributed by atoms with van der Waals surface area (Å²) in [5, 5.41) is 13.2. The molecule has 210 valence electrons. The summed E-state index contributed by atoms with van der Waals surface area (Å²) in [4.78, 5) is 19.7. The Hall–Kier alpha value is -0.733. The summed E-state index contributed by atoms with van der Waals surface area (Å²) in [6, 6.07) is 0. The number of aliphatic hydroxyl groups excluding tert-OH is 1. The zero-order valence-electron chi connectivity index (χ0n) is 25.4. The van der Waals surface area contributed by atoms with Crippen LogP contribution in [0.1, 0.15) is 102 Å². The first-order chi connectivity index (χ1) is 16.1. The molecule has 1 heterocycles. The lowest BCUT2D eigenvalue weighted by molar-refractivity contribution is -0.293. The topological polar surface area (TPSA) is 68.2 Å². The first kappa shape index (κ1) is 31.5. The lowest BCUT2D eigenvalue weighted by Crippen LogP contribution is -2.59. The predicted octanol–water partition coefficient (Wildman–Crippen LogP) is 6.63. The van der Waals surface area contributed by atoms with Crippen molar-refractivity contribution < 1.29 is 23.9 Å². The van der Waals surface area contributed by atoms with E-state index in [1.807, 2.05) is 39.8 Å². The molecule has 0 unspecified atom stereocenters. The molecule has 6 nitrogen and oxygen atoms in total. The second-order valence-electron chi connectivity index (χ2n) is 14.8. The molecule has 5 atom stereocenters. The van der Waals surface area contributed by atoms with Gasteiger partial charge in [-0.25, -0.2) is 0 Å². The van der Waals surface area contributed by atoms with E-state index in [4.69, 9.17) is 14.0 Å². The van der Waals surface area contributed by atoms with Crippen molar-refractivity contribution in [1.29, 1.82) is 0 Å². The summed E-state index contributed by atoms with van der Waals surface area (Å²) in [7, 11) is -2.12. The van der Waals surface area contributed by atoms with Crippen molar-refractivity contribution in [1.82, 2.24) is 5.06 Å². The van der Waals surface area contributed by atoms with Gasteiger partial charge in [-0.3, -0.25) is 9.63 Å². The maximum Gasteiger partial charge on any atom is 0.312 e. The molecule has 0 aromatic heterocycles. The van der Waals surface area contributed by atoms with Crippen LogP contribution in [-0.4, -0.2) is 59.4 Å². The Morgan fingerprint density at radius 2 is 1.58 bits per heavy atom. The molecule has 0 bridgehead atoms. The number of hydrogen-bond acceptors (Lipinski definition) is 6. The summed E-state index contributed by atoms with van der Waals surface area (Å²) < 4.78 is 12.5. The van der Waals surface area contributed by atoms with Crippen molar-refractivity contribution in [3.05, 3.63) is 12.2 Å². The quantitative estimate of drug-likeness (QED) is 0.228. The van der Waals surface area contributed by atoms with Crippen molar-refractivity contribution in [3.8, 4) is 0 Å². The fourth-order valence-electron chi connectivity index (χ4n) is 5.39. The molecule has 0 aromatic rings. The number of esters is 1. The highest BCUT2D eigenvalue weighted by Gasteiger charge is 2.51. The molecule has 2 aliphatic rings. The maximum atomic E-state index is 13.2. The predicted molar refractivity (Wildman–Crippen MR) is 149 cm³/mol. The number of piperidine rings is 1. The fourth-order valence-corrected chi connectivity index (χ4v) is 6.75. The lowest BCUT2D eigenvalue weighted by Gasteiger charge is -2.52. The molecule has 1 aliphatic heterocycles. The van der Waals surface area contributed by atoms with E-state index in [1.54, 1.807) is 0 Å². The number of carbonyl (C=O) groups excluding carboxylic acids is 1. The van der Waals surface area contributed by atoms with E-state index >= 15 is 0 Å². The Bertz CT molecular complexity index is 776. The SMILES string of the molecule is C[C@@H](C=C[C@@H]1[C@@H](C(=O)OC(C)(C)C)[C@@H](O)C[C@H]1O[Si](C)(C)C(C)(C)C)ON1C(C)(C)CCCC1(C)C. The monoisotopic (exact) mass is 525 g/mol. The molecule has 0 amide bonds. The van der Waals surface area contributed by atoms with E-state index in [-0.39, 0.29) is 40.2 Å². The minimum atomic E-state index is -2.12. The summed E-state index contributed by atoms with van der Waals surface area (Å²) >= 11 is 0. The van der Waals surface area contributed by atoms with Gasteiger partial charge in [0, 0.05) is 17.0 Å². The van der Waals surface area contributed by atoms with Crippen LogP contribution in [0.25, 0.3) is 0 Å². The molecule has 0 spiro atoms. The molecule has 0 aromatic carbocycles. The first-order valence-electron chi connectivity index (χ1n) is 13.8. The van der Waals surface area contributed by atoms with E-state index in [9.17, 15) is 9.90 Å². The Morgan fingerprint density at radius 3 is 2.06 bits per heavy atom. The molecule has 1 aliphatic carbocycles. The molecular formula is C29H55NO5Si. The highest BCUT2D eigenvalue weighted by Crippen LogP contribution is 2.44. The van der Waals surface area contributed by atoms with Crippen LogP contribution >= 0.6 is 0 Å². The van der Waals surface area contributed by atoms with Crippen LogP contribution < -0.4 is 0 Å². The van der Waals surface area contributed by atoms with E-state index in [0.717, 1.165) is 12.8 Å². The number of aliphatic hydroxyl groups is 1. The average molecular weight is 526 g/mol. The number of nitrogens with zero attached hydrogens (tertiary/aromatic N) is 1. The van der Waals surface area contributed by atoms with Gasteiger partial charge in [0.05, 0.1) is 24.2 Å². The first-order valence-corrected chi connectivity index (χ1v) is 16.7. The Morgan fingerprint density at radius 1 is 1.06 bits per heavy atom. The molecule has 2 rings (SSSR count). The standard InChI is InChI=1S/C29H55NO5Si/c1-20(34-30-28(8,9)17-14-18-29(30,10)11)15-16-21-23(35-36(12,13)27(5,6)7)19-22(31)24(21)25(32)33-26(2,3)4/h15-16,20-24,31H,14,17-19H2,1-13H3/t20-,21-,22-,23+,24+/m0/s1. The van der Waals surface area contributed by atoms with Crippen LogP contribution in [0.4, 0.5) is 0 Å². The lowest BCUT2D eigenvalue weighted by atomic mass is 9.82. The number of hydroxylamine groups is 2. The van der Waals surface area contributed by atoms with Crippen LogP contribution in [0.15, 0.2) is 12.2 Å². The Kier molecular flexibility index (Phi) is 9.44. The summed E-state index contributed by atoms with van der Waals surface area (Å²) in [6.07, 6.45) is 6.62. The number of rotatable bonds is 7. The van der Waals surface area contributed by atoms with Crippen molar-refractivity contribution >= 4 is 14.3 Å². The molecule has 2 fully saturated rings. The third-order valence-corrected chi connectivity index (χ3v) is 12.7. The summed E-state index contributed by atoms with van der Waals surface area (Å²) in [5.41, 5.74) is -0.730. The van der Waals surface area contributed by atoms with Crippen LogP contribution in [-0.2, 0) is 18.8 Å². The highest BCUT2D eigenvalue weighted by molar-refractivity contribution is 6.74. The van der Waals surface area contributed by atoms with Gasteiger partial charge < -0.3 is 14.3 Å². The van der Waals surface area contributed by atoms with Crippen molar-refractivity contribution in [2.75, 3.05) is 0 Å². The molecule has 7 heteroatoms. The molecular weight excluding hydrogens is 470 g/mol. The Labute approximate surface area is 222 Å². The largest absolute Gasteiger partial charge is 0.460 e. The van der Waals surface area contributed by atoms with Crippen LogP contribution in [0, 0.1) is 11.8 Å². The van der Waals surface area contributed by atoms with Gasteiger partial charge >= 0.3 is 5.97 Å². The Balaban J connectivity index is 2.31. The van der Waals surface area contributed by atoms with Crippen molar-refractivity contribution in [3.63, 3.8) is 0 Å². The molecule has 1 saturated carbocycles. The molecule has 36 heavy (non-hydrogen) atoms. The summed E-state index contributed by atoms with van der Waals surface area (Å²) in [6.45, 7) is 27.6. The smallest absolute Gasteiger partial charge is 0.312 e. The number of ether oxygens (including phenoxy) is 1. The van der Waals surface area contributed by atoms with Gasteiger partial charge in [-0.1, -0.05) is 32.9 Å². The van der Waals surface area contributed by atoms with E-state index < -0.39 is 25.9 Å². The van der Waals surface area contributed by atoms with Gasteiger partial charge in [0.2, 0.25) is 0 Å². The molecule has 0 radical (unpaired) electrons. The van der Waals surface area contributed by atoms with Gasteiger partial charge in [-0.05, 0) is 99.2 Å². The molecule has 1 N–H and O–H groups in total. The minimum absolute atomic E-state index is 0.0258. The van der Waals surface area contributed by atoms with Crippen molar-refractivity contribution in [2.45, 2.75) is 155 Å². The van der Waals surface area contributed by atoms with E-state index in [0.29, 0.717) is 6.42 Å².